The second-order valence-electron chi connectivity index (χ2n) is 16.0. The van der Waals surface area contributed by atoms with E-state index < -0.39 is 0 Å². The minimum atomic E-state index is 0.559. The molecule has 0 heterocycles. The van der Waals surface area contributed by atoms with Crippen LogP contribution in [-0.2, 0) is 12.8 Å². The van der Waals surface area contributed by atoms with Gasteiger partial charge in [0.1, 0.15) is 0 Å². The second kappa shape index (κ2) is 20.3. The van der Waals surface area contributed by atoms with Gasteiger partial charge in [-0.25, -0.2) is 0 Å². The summed E-state index contributed by atoms with van der Waals surface area (Å²) in [5, 5.41) is 0. The summed E-state index contributed by atoms with van der Waals surface area (Å²) in [5.41, 5.74) is 18.1. The van der Waals surface area contributed by atoms with Crippen molar-refractivity contribution in [2.45, 2.75) is 154 Å². The van der Waals surface area contributed by atoms with Crippen LogP contribution in [0.5, 0.6) is 0 Å². The van der Waals surface area contributed by atoms with Gasteiger partial charge in [-0.15, -0.1) is 0 Å². The number of benzene rings is 4. The topological polar surface area (TPSA) is 0 Å². The van der Waals surface area contributed by atoms with E-state index in [4.69, 9.17) is 0 Å². The predicted molar refractivity (Wildman–Crippen MR) is 235 cm³/mol. The molecule has 2 atom stereocenters. The Morgan fingerprint density at radius 2 is 0.830 bits per heavy atom. The maximum Gasteiger partial charge on any atom is 0.0397 e. The molecule has 278 valence electrons. The lowest BCUT2D eigenvalue weighted by Crippen LogP contribution is -2.08. The monoisotopic (exact) mass is 718 g/mol. The predicted octanol–water partition coefficient (Wildman–Crippen LogP) is 15.8. The van der Waals surface area contributed by atoms with Gasteiger partial charge in [0.25, 0.3) is 0 Å². The number of aryl methyl sites for hydroxylation is 2. The first-order valence-electron chi connectivity index (χ1n) is 21.7. The third kappa shape index (κ3) is 10.0. The smallest absolute Gasteiger partial charge is 0.0397 e. The van der Waals surface area contributed by atoms with Gasteiger partial charge < -0.3 is 0 Å². The van der Waals surface area contributed by atoms with Crippen molar-refractivity contribution in [2.75, 3.05) is 0 Å². The summed E-state index contributed by atoms with van der Waals surface area (Å²) in [6, 6.07) is 35.9. The van der Waals surface area contributed by atoms with Crippen molar-refractivity contribution >= 4 is 21.7 Å². The molecule has 6 rings (SSSR count). The van der Waals surface area contributed by atoms with Gasteiger partial charge in [-0.2, -0.15) is 0 Å². The number of unbranched alkanes of at least 4 members (excludes halogenated alkanes) is 8. The zero-order chi connectivity index (χ0) is 36.8. The Balaban J connectivity index is 1.22. The maximum absolute atomic E-state index is 2.63. The van der Waals surface area contributed by atoms with Crippen molar-refractivity contribution in [3.05, 3.63) is 129 Å². The van der Waals surface area contributed by atoms with Crippen LogP contribution in [0.2, 0.25) is 12.1 Å². The van der Waals surface area contributed by atoms with Crippen molar-refractivity contribution in [1.82, 2.24) is 0 Å². The molecule has 2 unspecified atom stereocenters. The van der Waals surface area contributed by atoms with Crippen molar-refractivity contribution in [2.24, 2.45) is 0 Å². The van der Waals surface area contributed by atoms with Crippen molar-refractivity contribution in [1.29, 1.82) is 0 Å². The minimum Gasteiger partial charge on any atom is -0.0654 e. The second-order valence-corrected chi connectivity index (χ2v) is 17.4. The van der Waals surface area contributed by atoms with Crippen LogP contribution in [-0.4, -0.2) is 9.52 Å². The number of allylic oxidation sites excluding steroid dienone is 2. The zero-order valence-electron chi connectivity index (χ0n) is 33.6. The van der Waals surface area contributed by atoms with E-state index in [2.05, 4.69) is 125 Å². The lowest BCUT2D eigenvalue weighted by molar-refractivity contribution is 0.648. The Morgan fingerprint density at radius 3 is 1.23 bits per heavy atom. The summed E-state index contributed by atoms with van der Waals surface area (Å²) in [5.74, 6) is 1.12. The van der Waals surface area contributed by atoms with Gasteiger partial charge in [-0.05, 0) is 107 Å². The molecule has 0 amide bonds. The fraction of sp³-hybridized carbons (Fsp3) is 0.462. The summed E-state index contributed by atoms with van der Waals surface area (Å²) >= 11 is 0. The van der Waals surface area contributed by atoms with E-state index in [1.165, 1.54) is 159 Å². The first-order chi connectivity index (χ1) is 26.1. The van der Waals surface area contributed by atoms with Crippen LogP contribution in [0.4, 0.5) is 0 Å². The Bertz CT molecular complexity index is 1650. The summed E-state index contributed by atoms with van der Waals surface area (Å²) in [6.07, 6.45) is 25.8. The molecule has 0 nitrogen and oxygen atoms in total. The molecule has 2 aliphatic rings. The minimum absolute atomic E-state index is 0.559. The van der Waals surface area contributed by atoms with Crippen LogP contribution in [0.3, 0.4) is 0 Å². The summed E-state index contributed by atoms with van der Waals surface area (Å²) in [4.78, 5) is 0. The molecule has 0 aliphatic heterocycles. The van der Waals surface area contributed by atoms with E-state index in [9.17, 15) is 0 Å². The lowest BCUT2D eigenvalue weighted by Gasteiger charge is -2.21. The van der Waals surface area contributed by atoms with Gasteiger partial charge in [-0.1, -0.05) is 199 Å². The van der Waals surface area contributed by atoms with Crippen molar-refractivity contribution in [3.8, 4) is 22.3 Å². The normalized spacial score (nSPS) is 16.1. The molecular formula is C52H66Si. The van der Waals surface area contributed by atoms with Crippen molar-refractivity contribution in [3.63, 3.8) is 0 Å². The van der Waals surface area contributed by atoms with E-state index in [1.807, 2.05) is 0 Å². The van der Waals surface area contributed by atoms with Crippen molar-refractivity contribution < 1.29 is 0 Å². The molecule has 0 bridgehead atoms. The van der Waals surface area contributed by atoms with Gasteiger partial charge in [-0.3, -0.25) is 0 Å². The standard InChI is InChI=1S/C52H66Si/c1-5-9-13-15-21-43-35-49-45(41-31-27-39(28-32-41)19-11-7-3)23-17-25-47(49)51(43)37-53-38-52-44(22-16-14-10-6-2)36-50-46(24-18-26-48(50)52)42-33-29-40(30-34-42)20-12-8-4/h17-18,23-36,51-52H,5-16,19-22,37-38H2,1-4H3. The highest BCUT2D eigenvalue weighted by molar-refractivity contribution is 6.36. The molecule has 0 N–H and O–H groups in total. The molecule has 0 saturated carbocycles. The molecule has 0 fully saturated rings. The van der Waals surface area contributed by atoms with Crippen LogP contribution in [0.15, 0.2) is 96.1 Å². The highest BCUT2D eigenvalue weighted by Crippen LogP contribution is 2.48. The third-order valence-electron chi connectivity index (χ3n) is 12.1. The molecule has 4 aromatic carbocycles. The Kier molecular flexibility index (Phi) is 15.1. The van der Waals surface area contributed by atoms with Crippen LogP contribution >= 0.6 is 0 Å². The number of fused-ring (bicyclic) bond motifs is 2. The average molecular weight is 719 g/mol. The zero-order valence-corrected chi connectivity index (χ0v) is 34.6. The fourth-order valence-corrected chi connectivity index (χ4v) is 10.6. The Labute approximate surface area is 326 Å². The fourth-order valence-electron chi connectivity index (χ4n) is 8.89. The first-order valence-corrected chi connectivity index (χ1v) is 23.1. The highest BCUT2D eigenvalue weighted by Gasteiger charge is 2.30. The Hall–Kier alpha value is -3.42. The molecule has 0 spiro atoms. The van der Waals surface area contributed by atoms with Gasteiger partial charge in [0.05, 0.1) is 0 Å². The molecule has 2 aliphatic carbocycles. The summed E-state index contributed by atoms with van der Waals surface area (Å²) in [7, 11) is 0.948. The van der Waals surface area contributed by atoms with E-state index in [0.29, 0.717) is 11.8 Å². The van der Waals surface area contributed by atoms with Gasteiger partial charge in [0.15, 0.2) is 0 Å². The molecular weight excluding hydrogens is 653 g/mol. The van der Waals surface area contributed by atoms with E-state index >= 15 is 0 Å². The number of hydrogen-bond acceptors (Lipinski definition) is 0. The van der Waals surface area contributed by atoms with E-state index in [1.54, 1.807) is 22.3 Å². The summed E-state index contributed by atoms with van der Waals surface area (Å²) in [6.45, 7) is 9.23. The molecule has 4 aromatic rings. The van der Waals surface area contributed by atoms with E-state index in [-0.39, 0.29) is 0 Å². The average Bonchev–Trinajstić information content (AvgIpc) is 3.74. The van der Waals surface area contributed by atoms with Gasteiger partial charge >= 0.3 is 0 Å². The van der Waals surface area contributed by atoms with Gasteiger partial charge in [0, 0.05) is 21.4 Å². The lowest BCUT2D eigenvalue weighted by atomic mass is 9.91. The molecule has 53 heavy (non-hydrogen) atoms. The molecule has 1 heteroatoms. The largest absolute Gasteiger partial charge is 0.0654 e. The Morgan fingerprint density at radius 1 is 0.415 bits per heavy atom. The SMILES string of the molecule is CCCCCCC1=Cc2c(-c3ccc(CCCC)cc3)cccc2C1C[Si]CC1C(CCCCCC)=Cc2c(-c3ccc(CCCC)cc3)cccc21. The van der Waals surface area contributed by atoms with E-state index in [0.717, 1.165) is 9.52 Å². The number of hydrogen-bond donors (Lipinski definition) is 0. The highest BCUT2D eigenvalue weighted by atomic mass is 28.2. The molecule has 0 aromatic heterocycles. The molecule has 0 saturated heterocycles. The van der Waals surface area contributed by atoms with Crippen LogP contribution in [0, 0.1) is 0 Å². The quantitative estimate of drug-likeness (QED) is 0.0561. The first kappa shape index (κ1) is 39.3. The summed E-state index contributed by atoms with van der Waals surface area (Å²) < 4.78 is 0. The molecule has 2 radical (unpaired) electrons. The van der Waals surface area contributed by atoms with Crippen LogP contribution < -0.4 is 0 Å². The number of rotatable bonds is 22. The van der Waals surface area contributed by atoms with Crippen LogP contribution in [0.1, 0.15) is 163 Å². The van der Waals surface area contributed by atoms with Crippen LogP contribution in [0.25, 0.3) is 34.4 Å². The third-order valence-corrected chi connectivity index (χ3v) is 13.5. The maximum atomic E-state index is 2.63. The van der Waals surface area contributed by atoms with Gasteiger partial charge in [0.2, 0.25) is 0 Å².